The van der Waals surface area contributed by atoms with E-state index in [0.717, 1.165) is 23.7 Å². The van der Waals surface area contributed by atoms with E-state index >= 15 is 0 Å². The van der Waals surface area contributed by atoms with Crippen LogP contribution in [0.2, 0.25) is 13.1 Å². The van der Waals surface area contributed by atoms with E-state index in [1.54, 1.807) is 45.6 Å². The average Bonchev–Trinajstić information content (AvgIpc) is 3.94. The fourth-order valence-corrected chi connectivity index (χ4v) is 11.9. The van der Waals surface area contributed by atoms with Gasteiger partial charge in [-0.05, 0) is 84.5 Å². The monoisotopic (exact) mass is 984 g/mol. The zero-order valence-corrected chi connectivity index (χ0v) is 44.8. The topological polar surface area (TPSA) is 0 Å². The van der Waals surface area contributed by atoms with Crippen molar-refractivity contribution in [3.05, 3.63) is 130 Å². The Morgan fingerprint density at radius 2 is 0.766 bits per heavy atom. The van der Waals surface area contributed by atoms with Gasteiger partial charge in [-0.3, -0.25) is 0 Å². The molecular formula is C60H76Cl2SiZr-2. The van der Waals surface area contributed by atoms with Crippen LogP contribution >= 0.6 is 0 Å². The van der Waals surface area contributed by atoms with Gasteiger partial charge in [0.05, 0.1) is 0 Å². The molecule has 4 aliphatic carbocycles. The van der Waals surface area contributed by atoms with Crippen LogP contribution in [-0.2, 0) is 36.2 Å². The maximum Gasteiger partial charge on any atom is -0.0162 e. The molecule has 0 bridgehead atoms. The fourth-order valence-electron chi connectivity index (χ4n) is 11.9. The van der Waals surface area contributed by atoms with Crippen LogP contribution in [-0.4, -0.2) is 5.43 Å². The van der Waals surface area contributed by atoms with Crippen LogP contribution in [0, 0.1) is 25.7 Å². The first-order valence-corrected chi connectivity index (χ1v) is 31.6. The third-order valence-corrected chi connectivity index (χ3v) is 15.4. The van der Waals surface area contributed by atoms with Gasteiger partial charge in [0.25, 0.3) is 0 Å². The summed E-state index contributed by atoms with van der Waals surface area (Å²) in [6.45, 7) is 9.15. The van der Waals surface area contributed by atoms with Crippen LogP contribution < -0.4 is 24.8 Å². The van der Waals surface area contributed by atoms with Crippen molar-refractivity contribution in [2.75, 3.05) is 0 Å². The molecule has 0 spiro atoms. The minimum atomic E-state index is 0. The number of halogens is 2. The molecule has 0 atom stereocenters. The summed E-state index contributed by atoms with van der Waals surface area (Å²) in [5, 5.41) is 5.84. The van der Waals surface area contributed by atoms with Crippen molar-refractivity contribution in [1.82, 2.24) is 0 Å². The second-order valence-corrected chi connectivity index (χ2v) is 29.9. The van der Waals surface area contributed by atoms with Crippen molar-refractivity contribution in [2.24, 2.45) is 11.8 Å². The molecule has 0 saturated heterocycles. The summed E-state index contributed by atoms with van der Waals surface area (Å²) in [6.07, 6.45) is 30.9. The predicted octanol–water partition coefficient (Wildman–Crippen LogP) is 12.2. The molecule has 0 nitrogen and oxygen atoms in total. The first-order chi connectivity index (χ1) is 30.3. The van der Waals surface area contributed by atoms with Crippen molar-refractivity contribution in [2.45, 2.75) is 180 Å². The van der Waals surface area contributed by atoms with Gasteiger partial charge in [0.15, 0.2) is 0 Å². The average molecular weight is 987 g/mol. The molecule has 0 aromatic heterocycles. The van der Waals surface area contributed by atoms with E-state index in [-0.39, 0.29) is 30.2 Å². The van der Waals surface area contributed by atoms with Gasteiger partial charge in [-0.2, -0.15) is 12.1 Å². The molecule has 4 aliphatic rings. The molecule has 0 heterocycles. The minimum Gasteiger partial charge on any atom is -1.00 e. The number of rotatable bonds is 8. The molecule has 64 heavy (non-hydrogen) atoms. The predicted molar refractivity (Wildman–Crippen MR) is 269 cm³/mol. The molecular weight excluding hydrogens is 911 g/mol. The first kappa shape index (κ1) is 51.2. The molecule has 0 radical (unpaired) electrons. The Kier molecular flexibility index (Phi) is 20.2. The largest absolute Gasteiger partial charge is 1.00 e. The van der Waals surface area contributed by atoms with Crippen molar-refractivity contribution in [1.29, 1.82) is 0 Å². The molecule has 340 valence electrons. The number of hydrogen-bond acceptors (Lipinski definition) is 0. The van der Waals surface area contributed by atoms with E-state index in [2.05, 4.69) is 124 Å². The normalized spacial score (nSPS) is 17.7. The zero-order valence-electron chi connectivity index (χ0n) is 39.9. The Morgan fingerprint density at radius 3 is 1.09 bits per heavy atom. The van der Waals surface area contributed by atoms with Gasteiger partial charge in [-0.1, -0.05) is 188 Å². The smallest absolute Gasteiger partial charge is 0.0162 e. The Bertz CT molecular complexity index is 2170. The molecule has 6 aromatic carbocycles. The van der Waals surface area contributed by atoms with E-state index in [0.29, 0.717) is 0 Å². The SMILES string of the molecule is C[Si](C)=[Zr+2].Cc1ccc(-c2ccc(C3CCCCC3)cc2)c2cc(CC3CCCCC3)[cH-]c12.Cc1ccc(-c2ccc(C3CCCCC3)cc2)c2cc(CC3CCCCC3)[cH-]c12.[Cl-].[Cl-]. The van der Waals surface area contributed by atoms with E-state index in [1.165, 1.54) is 196 Å². The van der Waals surface area contributed by atoms with Crippen LogP contribution in [0.5, 0.6) is 0 Å². The van der Waals surface area contributed by atoms with E-state index < -0.39 is 0 Å². The van der Waals surface area contributed by atoms with Gasteiger partial charge in [0, 0.05) is 0 Å². The molecule has 4 heteroatoms. The quantitative estimate of drug-likeness (QED) is 0.105. The molecule has 0 N–H and O–H groups in total. The van der Waals surface area contributed by atoms with Gasteiger partial charge in [-0.25, -0.2) is 0 Å². The van der Waals surface area contributed by atoms with Crippen molar-refractivity contribution in [3.63, 3.8) is 0 Å². The summed E-state index contributed by atoms with van der Waals surface area (Å²) < 4.78 is 0. The number of aryl methyl sites for hydroxylation is 2. The van der Waals surface area contributed by atoms with E-state index in [1.807, 2.05) is 0 Å². The molecule has 0 amide bonds. The van der Waals surface area contributed by atoms with Crippen LogP contribution in [0.15, 0.2) is 97.1 Å². The van der Waals surface area contributed by atoms with Crippen LogP contribution in [0.4, 0.5) is 0 Å². The number of hydrogen-bond donors (Lipinski definition) is 0. The summed E-state index contributed by atoms with van der Waals surface area (Å²) >= 11 is 1.74. The maximum atomic E-state index is 2.50. The summed E-state index contributed by atoms with van der Waals surface area (Å²) in [6, 6.07) is 38.4. The molecule has 4 fully saturated rings. The summed E-state index contributed by atoms with van der Waals surface area (Å²) in [5.74, 6) is 3.38. The van der Waals surface area contributed by atoms with Gasteiger partial charge in [-0.15, -0.1) is 68.1 Å². The Balaban J connectivity index is 0.000000191. The Hall–Kier alpha value is -2.22. The molecule has 4 saturated carbocycles. The van der Waals surface area contributed by atoms with Crippen LogP contribution in [0.25, 0.3) is 43.8 Å². The van der Waals surface area contributed by atoms with Gasteiger partial charge in [0.1, 0.15) is 0 Å². The summed E-state index contributed by atoms with van der Waals surface area (Å²) in [4.78, 5) is 0. The maximum absolute atomic E-state index is 2.50. The van der Waals surface area contributed by atoms with Crippen LogP contribution in [0.3, 0.4) is 0 Å². The molecule has 10 rings (SSSR count). The van der Waals surface area contributed by atoms with Crippen molar-refractivity contribution in [3.8, 4) is 22.3 Å². The number of fused-ring (bicyclic) bond motifs is 2. The minimum absolute atomic E-state index is 0. The fraction of sp³-hybridized carbons (Fsp3) is 0.500. The Labute approximate surface area is 416 Å². The standard InChI is InChI=1S/2C29H35.C2H6Si.2ClH.Zr/c2*1-21-12-17-27(26-15-13-25(14-16-26)24-10-6-3-7-11-24)29-20-23(19-28(21)29)18-22-8-4-2-5-9-22;1-3-2;;;/h2*12-17,19-20,22,24H,2-11,18H2,1H3;1-2H3;2*1H;/q2*-1;;;;+2/p-2. The zero-order chi connectivity index (χ0) is 42.8. The molecule has 0 unspecified atom stereocenters. The second kappa shape index (κ2) is 25.2. The van der Waals surface area contributed by atoms with Gasteiger partial charge in [0.2, 0.25) is 0 Å². The van der Waals surface area contributed by atoms with E-state index in [9.17, 15) is 0 Å². The van der Waals surface area contributed by atoms with Crippen LogP contribution in [0.1, 0.15) is 174 Å². The van der Waals surface area contributed by atoms with E-state index in [4.69, 9.17) is 0 Å². The summed E-state index contributed by atoms with van der Waals surface area (Å²) in [5.41, 5.74) is 14.8. The van der Waals surface area contributed by atoms with Gasteiger partial charge < -0.3 is 24.8 Å². The van der Waals surface area contributed by atoms with Crippen molar-refractivity contribution >= 4 is 27.0 Å². The third-order valence-electron chi connectivity index (χ3n) is 15.4. The second-order valence-electron chi connectivity index (χ2n) is 20.6. The van der Waals surface area contributed by atoms with Crippen molar-refractivity contribution < 1.29 is 48.1 Å². The molecule has 0 aliphatic heterocycles. The third kappa shape index (κ3) is 13.5. The molecule has 6 aromatic rings. The number of benzene rings is 4. The first-order valence-electron chi connectivity index (χ1n) is 25.4. The Morgan fingerprint density at radius 1 is 0.453 bits per heavy atom. The summed E-state index contributed by atoms with van der Waals surface area (Å²) in [7, 11) is 0. The van der Waals surface area contributed by atoms with Gasteiger partial charge >= 0.3 is 41.9 Å².